The highest BCUT2D eigenvalue weighted by Gasteiger charge is 2.23. The maximum Gasteiger partial charge on any atom is 0.251 e. The van der Waals surface area contributed by atoms with Gasteiger partial charge in [-0.3, -0.25) is 9.59 Å². The normalized spacial score (nSPS) is 16.9. The molecule has 1 aliphatic rings. The Balaban J connectivity index is 1.88. The molecule has 1 fully saturated rings. The molecule has 2 amide bonds. The van der Waals surface area contributed by atoms with E-state index in [-0.39, 0.29) is 11.8 Å². The summed E-state index contributed by atoms with van der Waals surface area (Å²) in [6.45, 7) is 10.2. The van der Waals surface area contributed by atoms with E-state index < -0.39 is 6.04 Å². The summed E-state index contributed by atoms with van der Waals surface area (Å²) in [6.07, 6.45) is 3.14. The molecule has 0 bridgehead atoms. The maximum absolute atomic E-state index is 12.7. The first kappa shape index (κ1) is 21.7. The second-order valence-electron chi connectivity index (χ2n) is 8.02. The first-order valence-corrected chi connectivity index (χ1v) is 10.3. The number of halogens is 1. The number of amides is 2. The second-order valence-corrected chi connectivity index (χ2v) is 8.46. The largest absolute Gasteiger partial charge is 0.354 e. The molecule has 2 atom stereocenters. The molecule has 6 heteroatoms. The number of likely N-dealkylation sites (tertiary alicyclic amines) is 1. The van der Waals surface area contributed by atoms with Gasteiger partial charge in [0.05, 0.1) is 0 Å². The minimum atomic E-state index is -0.535. The molecule has 0 aliphatic carbocycles. The first-order chi connectivity index (χ1) is 12.8. The molecule has 5 nitrogen and oxygen atoms in total. The standard InChI is InChI=1S/C21H32ClN3O2/c1-15(2)12-19(24-20(26)17-6-8-18(22)9-7-17)21(27)23-13-16(3)14-25-10-4-5-11-25/h6-9,15-16,19H,4-5,10-14H2,1-3H3,(H,23,27)(H,24,26). The third-order valence-electron chi connectivity index (χ3n) is 4.83. The second kappa shape index (κ2) is 10.7. The van der Waals surface area contributed by atoms with E-state index in [0.29, 0.717) is 35.4 Å². The van der Waals surface area contributed by atoms with Crippen LogP contribution < -0.4 is 10.6 Å². The number of carbonyl (C=O) groups is 2. The number of nitrogens with one attached hydrogen (secondary N) is 2. The van der Waals surface area contributed by atoms with E-state index in [1.165, 1.54) is 12.8 Å². The van der Waals surface area contributed by atoms with Gasteiger partial charge in [-0.1, -0.05) is 32.4 Å². The van der Waals surface area contributed by atoms with Gasteiger partial charge in [0.25, 0.3) is 5.91 Å². The zero-order chi connectivity index (χ0) is 19.8. The third kappa shape index (κ3) is 7.51. The molecule has 2 N–H and O–H groups in total. The van der Waals surface area contributed by atoms with Crippen LogP contribution in [0.3, 0.4) is 0 Å². The van der Waals surface area contributed by atoms with Crippen molar-refractivity contribution in [3.63, 3.8) is 0 Å². The number of nitrogens with zero attached hydrogens (tertiary/aromatic N) is 1. The molecule has 1 aromatic carbocycles. The number of rotatable bonds is 9. The van der Waals surface area contributed by atoms with E-state index in [1.807, 2.05) is 13.8 Å². The SMILES string of the molecule is CC(C)CC(NC(=O)c1ccc(Cl)cc1)C(=O)NCC(C)CN1CCCC1. The minimum absolute atomic E-state index is 0.112. The molecule has 150 valence electrons. The zero-order valence-electron chi connectivity index (χ0n) is 16.6. The summed E-state index contributed by atoms with van der Waals surface area (Å²) in [5.74, 6) is 0.323. The Bertz CT molecular complexity index is 612. The molecule has 1 aliphatic heterocycles. The van der Waals surface area contributed by atoms with Crippen molar-refractivity contribution in [1.29, 1.82) is 0 Å². The first-order valence-electron chi connectivity index (χ1n) is 9.91. The Morgan fingerprint density at radius 2 is 1.74 bits per heavy atom. The summed E-state index contributed by atoms with van der Waals surface area (Å²) < 4.78 is 0. The highest BCUT2D eigenvalue weighted by Crippen LogP contribution is 2.12. The van der Waals surface area contributed by atoms with E-state index in [4.69, 9.17) is 11.6 Å². The van der Waals surface area contributed by atoms with Crippen LogP contribution in [0.15, 0.2) is 24.3 Å². The van der Waals surface area contributed by atoms with Crippen molar-refractivity contribution in [2.75, 3.05) is 26.2 Å². The average Bonchev–Trinajstić information content (AvgIpc) is 3.12. The third-order valence-corrected chi connectivity index (χ3v) is 5.08. The Labute approximate surface area is 167 Å². The van der Waals surface area contributed by atoms with Crippen molar-refractivity contribution in [1.82, 2.24) is 15.5 Å². The molecule has 0 radical (unpaired) electrons. The van der Waals surface area contributed by atoms with Crippen LogP contribution in [0.1, 0.15) is 50.4 Å². The van der Waals surface area contributed by atoms with E-state index in [2.05, 4.69) is 22.5 Å². The van der Waals surface area contributed by atoms with E-state index in [9.17, 15) is 9.59 Å². The van der Waals surface area contributed by atoms with Gasteiger partial charge in [0.1, 0.15) is 6.04 Å². The van der Waals surface area contributed by atoms with Crippen LogP contribution in [0.2, 0.25) is 5.02 Å². The molecule has 1 aromatic rings. The predicted molar refractivity (Wildman–Crippen MR) is 110 cm³/mol. The maximum atomic E-state index is 12.7. The lowest BCUT2D eigenvalue weighted by Crippen LogP contribution is -2.48. The van der Waals surface area contributed by atoms with Crippen LogP contribution in [0.25, 0.3) is 0 Å². The van der Waals surface area contributed by atoms with Crippen LogP contribution in [0.5, 0.6) is 0 Å². The molecule has 0 saturated carbocycles. The van der Waals surface area contributed by atoms with Crippen molar-refractivity contribution >= 4 is 23.4 Å². The quantitative estimate of drug-likeness (QED) is 0.676. The number of hydrogen-bond acceptors (Lipinski definition) is 3. The molecule has 27 heavy (non-hydrogen) atoms. The summed E-state index contributed by atoms with van der Waals surface area (Å²) in [4.78, 5) is 27.6. The van der Waals surface area contributed by atoms with Gasteiger partial charge in [-0.05, 0) is 68.5 Å². The summed E-state index contributed by atoms with van der Waals surface area (Å²) in [6, 6.07) is 6.15. The molecule has 1 heterocycles. The van der Waals surface area contributed by atoms with Gasteiger partial charge in [-0.2, -0.15) is 0 Å². The van der Waals surface area contributed by atoms with Gasteiger partial charge < -0.3 is 15.5 Å². The lowest BCUT2D eigenvalue weighted by molar-refractivity contribution is -0.123. The lowest BCUT2D eigenvalue weighted by Gasteiger charge is -2.23. The van der Waals surface area contributed by atoms with Crippen LogP contribution in [-0.4, -0.2) is 48.9 Å². The van der Waals surface area contributed by atoms with Crippen molar-refractivity contribution in [2.24, 2.45) is 11.8 Å². The van der Waals surface area contributed by atoms with Crippen LogP contribution in [-0.2, 0) is 4.79 Å². The predicted octanol–water partition coefficient (Wildman–Crippen LogP) is 3.33. The van der Waals surface area contributed by atoms with Crippen LogP contribution in [0.4, 0.5) is 0 Å². The molecule has 2 unspecified atom stereocenters. The molecular formula is C21H32ClN3O2. The van der Waals surface area contributed by atoms with Crippen LogP contribution in [0, 0.1) is 11.8 Å². The minimum Gasteiger partial charge on any atom is -0.354 e. The number of benzene rings is 1. The monoisotopic (exact) mass is 393 g/mol. The van der Waals surface area contributed by atoms with E-state index >= 15 is 0 Å². The number of carbonyl (C=O) groups excluding carboxylic acids is 2. The lowest BCUT2D eigenvalue weighted by atomic mass is 10.0. The average molecular weight is 394 g/mol. The topological polar surface area (TPSA) is 61.4 Å². The number of hydrogen-bond donors (Lipinski definition) is 2. The van der Waals surface area contributed by atoms with Gasteiger partial charge in [0, 0.05) is 23.7 Å². The Kier molecular flexibility index (Phi) is 8.58. The molecule has 2 rings (SSSR count). The highest BCUT2D eigenvalue weighted by atomic mass is 35.5. The highest BCUT2D eigenvalue weighted by molar-refractivity contribution is 6.30. The van der Waals surface area contributed by atoms with Crippen molar-refractivity contribution in [3.8, 4) is 0 Å². The summed E-state index contributed by atoms with van der Waals surface area (Å²) in [5, 5.41) is 6.48. The molecular weight excluding hydrogens is 362 g/mol. The smallest absolute Gasteiger partial charge is 0.251 e. The Morgan fingerprint density at radius 3 is 2.33 bits per heavy atom. The molecule has 1 saturated heterocycles. The fraction of sp³-hybridized carbons (Fsp3) is 0.619. The fourth-order valence-corrected chi connectivity index (χ4v) is 3.54. The molecule has 0 aromatic heterocycles. The Morgan fingerprint density at radius 1 is 1.11 bits per heavy atom. The Hall–Kier alpha value is -1.59. The van der Waals surface area contributed by atoms with Crippen molar-refractivity contribution < 1.29 is 9.59 Å². The van der Waals surface area contributed by atoms with Gasteiger partial charge in [0.2, 0.25) is 5.91 Å². The van der Waals surface area contributed by atoms with Gasteiger partial charge in [-0.15, -0.1) is 0 Å². The van der Waals surface area contributed by atoms with E-state index in [0.717, 1.165) is 19.6 Å². The molecule has 0 spiro atoms. The summed E-state index contributed by atoms with van der Waals surface area (Å²) in [7, 11) is 0. The van der Waals surface area contributed by atoms with Crippen molar-refractivity contribution in [2.45, 2.75) is 46.1 Å². The van der Waals surface area contributed by atoms with Crippen LogP contribution >= 0.6 is 11.6 Å². The zero-order valence-corrected chi connectivity index (χ0v) is 17.4. The van der Waals surface area contributed by atoms with Gasteiger partial charge in [-0.25, -0.2) is 0 Å². The van der Waals surface area contributed by atoms with Gasteiger partial charge in [0.15, 0.2) is 0 Å². The van der Waals surface area contributed by atoms with E-state index in [1.54, 1.807) is 24.3 Å². The van der Waals surface area contributed by atoms with Gasteiger partial charge >= 0.3 is 0 Å². The summed E-state index contributed by atoms with van der Waals surface area (Å²) in [5.41, 5.74) is 0.503. The summed E-state index contributed by atoms with van der Waals surface area (Å²) >= 11 is 5.87. The fourth-order valence-electron chi connectivity index (χ4n) is 3.41. The van der Waals surface area contributed by atoms with Crippen molar-refractivity contribution in [3.05, 3.63) is 34.9 Å².